The van der Waals surface area contributed by atoms with Crippen molar-refractivity contribution in [3.8, 4) is 0 Å². The first kappa shape index (κ1) is 14.1. The van der Waals surface area contributed by atoms with Crippen molar-refractivity contribution in [2.24, 2.45) is 0 Å². The maximum atomic E-state index is 4.77. The number of hydrogen-bond donors (Lipinski definition) is 0. The molecular weight excluding hydrogens is 210 g/mol. The largest absolute Gasteiger partial charge is 0.300 e. The summed E-state index contributed by atoms with van der Waals surface area (Å²) in [5.41, 5.74) is 3.54. The van der Waals surface area contributed by atoms with E-state index in [1.54, 1.807) is 0 Å². The van der Waals surface area contributed by atoms with Gasteiger partial charge in [0.1, 0.15) is 5.82 Å². The smallest absolute Gasteiger partial charge is 0.145 e. The molecular formula is C14H25N3. The zero-order chi connectivity index (χ0) is 13.4. The van der Waals surface area contributed by atoms with Crippen LogP contribution < -0.4 is 0 Å². The van der Waals surface area contributed by atoms with Gasteiger partial charge in [-0.05, 0) is 40.4 Å². The predicted octanol–water partition coefficient (Wildman–Crippen LogP) is 3.01. The number of nitrogens with zero attached hydrogens (tertiary/aromatic N) is 3. The Kier molecular flexibility index (Phi) is 3.92. The second-order valence-corrected chi connectivity index (χ2v) is 6.03. The molecule has 0 amide bonds. The van der Waals surface area contributed by atoms with Crippen molar-refractivity contribution in [2.75, 3.05) is 14.1 Å². The summed E-state index contributed by atoms with van der Waals surface area (Å²) in [5.74, 6) is 0.919. The minimum Gasteiger partial charge on any atom is -0.300 e. The van der Waals surface area contributed by atoms with E-state index in [0.29, 0.717) is 0 Å². The quantitative estimate of drug-likeness (QED) is 0.789. The van der Waals surface area contributed by atoms with Crippen molar-refractivity contribution < 1.29 is 0 Å². The normalized spacial score (nSPS) is 14.2. The van der Waals surface area contributed by atoms with Crippen molar-refractivity contribution in [1.82, 2.24) is 14.9 Å². The van der Waals surface area contributed by atoms with Crippen LogP contribution in [0.1, 0.15) is 56.5 Å². The highest BCUT2D eigenvalue weighted by atomic mass is 15.1. The Bertz CT molecular complexity index is 403. The van der Waals surface area contributed by atoms with Gasteiger partial charge in [-0.25, -0.2) is 9.97 Å². The molecule has 0 bridgehead atoms. The van der Waals surface area contributed by atoms with E-state index in [4.69, 9.17) is 4.98 Å². The first-order chi connectivity index (χ1) is 7.64. The molecule has 0 saturated carbocycles. The zero-order valence-electron chi connectivity index (χ0n) is 12.4. The van der Waals surface area contributed by atoms with Crippen LogP contribution in [0.5, 0.6) is 0 Å². The Hall–Kier alpha value is -0.960. The van der Waals surface area contributed by atoms with Crippen molar-refractivity contribution in [1.29, 1.82) is 0 Å². The third-order valence-corrected chi connectivity index (χ3v) is 3.27. The number of aryl methyl sites for hydroxylation is 1. The van der Waals surface area contributed by atoms with Crippen LogP contribution in [0.25, 0.3) is 0 Å². The molecule has 1 heterocycles. The van der Waals surface area contributed by atoms with Gasteiger partial charge in [0.2, 0.25) is 0 Å². The molecule has 0 radical (unpaired) electrons. The van der Waals surface area contributed by atoms with E-state index in [1.165, 1.54) is 5.56 Å². The lowest BCUT2D eigenvalue weighted by atomic mass is 9.88. The first-order valence-corrected chi connectivity index (χ1v) is 6.16. The molecule has 0 fully saturated rings. The summed E-state index contributed by atoms with van der Waals surface area (Å²) < 4.78 is 0. The maximum Gasteiger partial charge on any atom is 0.145 e. The minimum atomic E-state index is 0.0680. The van der Waals surface area contributed by atoms with Crippen LogP contribution in [-0.4, -0.2) is 29.0 Å². The third-order valence-electron chi connectivity index (χ3n) is 3.27. The highest BCUT2D eigenvalue weighted by Crippen LogP contribution is 2.26. The van der Waals surface area contributed by atoms with Crippen molar-refractivity contribution >= 4 is 0 Å². The number of aromatic nitrogens is 2. The molecule has 1 rings (SSSR count). The molecule has 0 aliphatic carbocycles. The predicted molar refractivity (Wildman–Crippen MR) is 72.3 cm³/mol. The minimum absolute atomic E-state index is 0.0680. The van der Waals surface area contributed by atoms with Crippen LogP contribution in [0.3, 0.4) is 0 Å². The van der Waals surface area contributed by atoms with Gasteiger partial charge in [-0.15, -0.1) is 0 Å². The summed E-state index contributed by atoms with van der Waals surface area (Å²) in [7, 11) is 4.11. The van der Waals surface area contributed by atoms with Crippen LogP contribution in [-0.2, 0) is 5.41 Å². The highest BCUT2D eigenvalue weighted by Gasteiger charge is 2.22. The fraction of sp³-hybridized carbons (Fsp3) is 0.714. The fourth-order valence-corrected chi connectivity index (χ4v) is 1.80. The number of hydrogen-bond acceptors (Lipinski definition) is 3. The van der Waals surface area contributed by atoms with E-state index >= 15 is 0 Å². The monoisotopic (exact) mass is 235 g/mol. The molecule has 96 valence electrons. The van der Waals surface area contributed by atoms with Gasteiger partial charge in [0.05, 0.1) is 11.7 Å². The van der Waals surface area contributed by atoms with Crippen molar-refractivity contribution in [3.63, 3.8) is 0 Å². The molecule has 3 heteroatoms. The summed E-state index contributed by atoms with van der Waals surface area (Å²) >= 11 is 0. The Morgan fingerprint density at radius 1 is 1.06 bits per heavy atom. The van der Waals surface area contributed by atoms with Gasteiger partial charge in [0, 0.05) is 11.1 Å². The molecule has 0 spiro atoms. The van der Waals surface area contributed by atoms with E-state index in [9.17, 15) is 0 Å². The average Bonchev–Trinajstić information content (AvgIpc) is 2.18. The SMILES string of the molecule is Cc1nc(C(C)N(C)C)nc(C(C)(C)C)c1C. The lowest BCUT2D eigenvalue weighted by molar-refractivity contribution is 0.306. The van der Waals surface area contributed by atoms with Gasteiger partial charge in [-0.2, -0.15) is 0 Å². The molecule has 1 unspecified atom stereocenters. The maximum absolute atomic E-state index is 4.77. The topological polar surface area (TPSA) is 29.0 Å². The number of rotatable bonds is 2. The Labute approximate surface area is 105 Å². The molecule has 3 nitrogen and oxygen atoms in total. The van der Waals surface area contributed by atoms with Crippen molar-refractivity contribution in [3.05, 3.63) is 22.8 Å². The molecule has 1 aromatic rings. The molecule has 0 aliphatic heterocycles. The zero-order valence-corrected chi connectivity index (χ0v) is 12.4. The standard InChI is InChI=1S/C14H25N3/c1-9-10(2)15-13(11(3)17(7)8)16-12(9)14(4,5)6/h11H,1-8H3. The van der Waals surface area contributed by atoms with E-state index in [2.05, 4.69) is 65.5 Å². The molecule has 0 aliphatic rings. The average molecular weight is 235 g/mol. The van der Waals surface area contributed by atoms with E-state index in [1.807, 2.05) is 0 Å². The molecule has 0 aromatic carbocycles. The van der Waals surface area contributed by atoms with Crippen LogP contribution in [0.2, 0.25) is 0 Å². The summed E-state index contributed by atoms with van der Waals surface area (Å²) in [5, 5.41) is 0. The second kappa shape index (κ2) is 4.73. The van der Waals surface area contributed by atoms with E-state index in [-0.39, 0.29) is 11.5 Å². The molecule has 1 atom stereocenters. The molecule has 0 N–H and O–H groups in total. The summed E-state index contributed by atoms with van der Waals surface area (Å²) in [6.07, 6.45) is 0. The van der Waals surface area contributed by atoms with Gasteiger partial charge < -0.3 is 0 Å². The lowest BCUT2D eigenvalue weighted by Crippen LogP contribution is -2.24. The van der Waals surface area contributed by atoms with Gasteiger partial charge >= 0.3 is 0 Å². The van der Waals surface area contributed by atoms with Gasteiger partial charge in [-0.1, -0.05) is 20.8 Å². The summed E-state index contributed by atoms with van der Waals surface area (Å²) in [4.78, 5) is 11.5. The fourth-order valence-electron chi connectivity index (χ4n) is 1.80. The molecule has 17 heavy (non-hydrogen) atoms. The van der Waals surface area contributed by atoms with Crippen molar-refractivity contribution in [2.45, 2.75) is 53.0 Å². The first-order valence-electron chi connectivity index (χ1n) is 6.16. The summed E-state index contributed by atoms with van der Waals surface area (Å²) in [6.45, 7) is 12.9. The Balaban J connectivity index is 3.34. The van der Waals surface area contributed by atoms with Crippen LogP contribution in [0, 0.1) is 13.8 Å². The van der Waals surface area contributed by atoms with Crippen LogP contribution >= 0.6 is 0 Å². The van der Waals surface area contributed by atoms with E-state index < -0.39 is 0 Å². The third kappa shape index (κ3) is 3.03. The molecule has 1 aromatic heterocycles. The highest BCUT2D eigenvalue weighted by molar-refractivity contribution is 5.29. The van der Waals surface area contributed by atoms with Gasteiger partial charge in [0.15, 0.2) is 0 Å². The van der Waals surface area contributed by atoms with Gasteiger partial charge in [0.25, 0.3) is 0 Å². The second-order valence-electron chi connectivity index (χ2n) is 6.03. The Morgan fingerprint density at radius 2 is 1.59 bits per heavy atom. The lowest BCUT2D eigenvalue weighted by Gasteiger charge is -2.25. The Morgan fingerprint density at radius 3 is 2.00 bits per heavy atom. The van der Waals surface area contributed by atoms with Crippen LogP contribution in [0.15, 0.2) is 0 Å². The van der Waals surface area contributed by atoms with E-state index in [0.717, 1.165) is 17.2 Å². The summed E-state index contributed by atoms with van der Waals surface area (Å²) in [6, 6.07) is 0.246. The van der Waals surface area contributed by atoms with Crippen LogP contribution in [0.4, 0.5) is 0 Å². The molecule has 0 saturated heterocycles. The van der Waals surface area contributed by atoms with Gasteiger partial charge in [-0.3, -0.25) is 4.90 Å².